The Morgan fingerprint density at radius 3 is 1.00 bits per heavy atom. The normalized spacial score (nSPS) is 12.9. The molecule has 3 rings (SSSR count). The van der Waals surface area contributed by atoms with Gasteiger partial charge in [0, 0.05) is 0 Å². The zero-order chi connectivity index (χ0) is 28.1. The zero-order valence-corrected chi connectivity index (χ0v) is 34.3. The molecule has 0 unspecified atom stereocenters. The van der Waals surface area contributed by atoms with Gasteiger partial charge >= 0.3 is 277 Å². The van der Waals surface area contributed by atoms with Crippen molar-refractivity contribution in [1.29, 1.82) is 0 Å². The average molecular weight is 798 g/mol. The summed E-state index contributed by atoms with van der Waals surface area (Å²) in [5.74, 6) is 0. The van der Waals surface area contributed by atoms with E-state index in [0.29, 0.717) is 6.86 Å². The van der Waals surface area contributed by atoms with Gasteiger partial charge in [0.15, 0.2) is 0 Å². The number of fused-ring (bicyclic) bond motifs is 3. The Bertz CT molecular complexity index is 949. The van der Waals surface area contributed by atoms with E-state index in [2.05, 4.69) is 87.7 Å². The molecule has 3 heterocycles. The second-order valence-corrected chi connectivity index (χ2v) is 28.0. The van der Waals surface area contributed by atoms with Crippen molar-refractivity contribution in [1.82, 2.24) is 0 Å². The molecular weight excluding hydrogens is 742 g/mol. The second kappa shape index (κ2) is 18.1. The fraction of sp³-hybridized carbons (Fsp3) is 0.765. The van der Waals surface area contributed by atoms with E-state index in [9.17, 15) is 0 Å². The first-order valence-corrected chi connectivity index (χ1v) is 24.7. The molecule has 0 saturated heterocycles. The van der Waals surface area contributed by atoms with Crippen LogP contribution in [0.15, 0.2) is 12.1 Å². The van der Waals surface area contributed by atoms with Gasteiger partial charge in [-0.15, -0.1) is 0 Å². The number of rotatable bonds is 22. The molecule has 3 aromatic heterocycles. The monoisotopic (exact) mass is 800 g/mol. The van der Waals surface area contributed by atoms with Crippen molar-refractivity contribution in [3.05, 3.63) is 12.1 Å². The summed E-state index contributed by atoms with van der Waals surface area (Å²) in [5.41, 5.74) is 0. The molecule has 0 saturated carbocycles. The average Bonchev–Trinajstić information content (AvgIpc) is 3.60. The summed E-state index contributed by atoms with van der Waals surface area (Å²) >= 11 is 5.38. The Morgan fingerprint density at radius 1 is 0.462 bits per heavy atom. The Hall–Kier alpha value is 1.22. The molecule has 0 atom stereocenters. The van der Waals surface area contributed by atoms with E-state index < -0.39 is 42.3 Å². The van der Waals surface area contributed by atoms with Crippen molar-refractivity contribution in [2.24, 2.45) is 0 Å². The molecule has 5 heteroatoms. The molecule has 0 N–H and O–H groups in total. The van der Waals surface area contributed by atoms with Crippen LogP contribution < -0.4 is 5.79 Å². The Labute approximate surface area is 274 Å². The Morgan fingerprint density at radius 2 is 0.744 bits per heavy atom. The van der Waals surface area contributed by atoms with Gasteiger partial charge in [-0.3, -0.25) is 0 Å². The van der Waals surface area contributed by atoms with Gasteiger partial charge in [0.2, 0.25) is 0 Å². The predicted octanol–water partition coefficient (Wildman–Crippen LogP) is 12.3. The summed E-state index contributed by atoms with van der Waals surface area (Å²) in [7, 11) is 0. The first-order chi connectivity index (χ1) is 19.0. The molecular formula is C34H56S3Sn2. The van der Waals surface area contributed by atoms with Crippen LogP contribution in [0.2, 0.25) is 6.86 Å². The van der Waals surface area contributed by atoms with Crippen molar-refractivity contribution < 1.29 is 0 Å². The van der Waals surface area contributed by atoms with Gasteiger partial charge in [0.1, 0.15) is 0 Å². The maximum atomic E-state index is 2.69. The summed E-state index contributed by atoms with van der Waals surface area (Å²) in [6.07, 6.45) is 25.8. The van der Waals surface area contributed by atoms with Crippen LogP contribution in [0.3, 0.4) is 0 Å². The first kappa shape index (κ1) is 34.7. The molecule has 0 bridgehead atoms. The molecule has 0 aliphatic rings. The van der Waals surface area contributed by atoms with E-state index in [1.807, 2.05) is 5.79 Å². The van der Waals surface area contributed by atoms with E-state index in [1.165, 1.54) is 116 Å². The van der Waals surface area contributed by atoms with Crippen LogP contribution >= 0.6 is 34.0 Å². The van der Waals surface area contributed by atoms with Crippen LogP contribution in [-0.4, -0.2) is 42.3 Å². The number of thiophene rings is 3. The molecule has 0 aromatic carbocycles. The van der Waals surface area contributed by atoms with Crippen molar-refractivity contribution >= 4 is 101 Å². The quantitative estimate of drug-likeness (QED) is 0.0889. The topological polar surface area (TPSA) is 0 Å². The van der Waals surface area contributed by atoms with Crippen LogP contribution in [0.4, 0.5) is 0 Å². The number of unbranched alkanes of at least 4 members (excludes halogenated alkanes) is 6. The van der Waals surface area contributed by atoms with Crippen LogP contribution in [0, 0.1) is 0 Å². The minimum atomic E-state index is -0.628. The third-order valence-electron chi connectivity index (χ3n) is 8.65. The van der Waals surface area contributed by atoms with Crippen LogP contribution in [0.5, 0.6) is 0 Å². The fourth-order valence-electron chi connectivity index (χ4n) is 6.20. The van der Waals surface area contributed by atoms with Gasteiger partial charge in [0.25, 0.3) is 0 Å². The molecule has 3 aromatic rings. The molecule has 0 spiro atoms. The van der Waals surface area contributed by atoms with Crippen molar-refractivity contribution in [3.63, 3.8) is 0 Å². The molecule has 218 valence electrons. The third-order valence-corrected chi connectivity index (χ3v) is 24.7. The van der Waals surface area contributed by atoms with Gasteiger partial charge in [-0.25, -0.2) is 0 Å². The molecule has 39 heavy (non-hydrogen) atoms. The molecule has 0 amide bonds. The third kappa shape index (κ3) is 10.1. The van der Waals surface area contributed by atoms with Gasteiger partial charge < -0.3 is 0 Å². The zero-order valence-electron chi connectivity index (χ0n) is 26.1. The maximum absolute atomic E-state index is 2.69. The van der Waals surface area contributed by atoms with E-state index in [1.54, 1.807) is 18.8 Å². The van der Waals surface area contributed by atoms with E-state index in [-0.39, 0.29) is 0 Å². The van der Waals surface area contributed by atoms with Gasteiger partial charge in [-0.1, -0.05) is 0 Å². The van der Waals surface area contributed by atoms with Crippen molar-refractivity contribution in [3.8, 4) is 0 Å². The molecule has 0 aliphatic heterocycles. The minimum absolute atomic E-state index is 0.628. The molecule has 4 radical (unpaired) electrons. The second-order valence-electron chi connectivity index (χ2n) is 12.1. The van der Waals surface area contributed by atoms with Gasteiger partial charge in [-0.2, -0.15) is 0 Å². The van der Waals surface area contributed by atoms with Gasteiger partial charge in [0.05, 0.1) is 0 Å². The van der Waals surface area contributed by atoms with E-state index in [4.69, 9.17) is 0 Å². The number of hydrogen-bond acceptors (Lipinski definition) is 3. The SMILES string of the molecule is CCCC[C](CCCC)(CCCC)[Sn][c]1cc2sc3c[c]([Sn][C](CCCC)(CCCC)CCCC)sc3c2s1. The number of hydrogen-bond donors (Lipinski definition) is 0. The first-order valence-electron chi connectivity index (χ1n) is 16.5. The summed E-state index contributed by atoms with van der Waals surface area (Å²) in [6.45, 7) is 14.4. The van der Waals surface area contributed by atoms with Crippen LogP contribution in [0.25, 0.3) is 18.8 Å². The summed E-state index contributed by atoms with van der Waals surface area (Å²) in [4.78, 5) is 0. The van der Waals surface area contributed by atoms with Crippen LogP contribution in [-0.2, 0) is 0 Å². The van der Waals surface area contributed by atoms with Crippen molar-refractivity contribution in [2.45, 2.75) is 164 Å². The Kier molecular flexibility index (Phi) is 16.1. The fourth-order valence-corrected chi connectivity index (χ4v) is 25.3. The van der Waals surface area contributed by atoms with Crippen molar-refractivity contribution in [2.75, 3.05) is 0 Å². The molecule has 0 fully saturated rings. The standard InChI is InChI=1S/2C13H27.C8H2S3.2Sn/c2*1-4-7-10-13(11-8-5-2)12-9-6-3;1-3-9-7-5(1)11-6-2-4-10-8(6)7;;/h2*4-12H2,1-3H3;1-2H;;. The van der Waals surface area contributed by atoms with E-state index in [0.717, 1.165) is 0 Å². The summed E-state index contributed by atoms with van der Waals surface area (Å²) in [5, 5.41) is 0. The van der Waals surface area contributed by atoms with Gasteiger partial charge in [-0.05, 0) is 0 Å². The Balaban J connectivity index is 1.88. The van der Waals surface area contributed by atoms with E-state index >= 15 is 0 Å². The summed E-state index contributed by atoms with van der Waals surface area (Å²) in [6, 6.07) is 5.38. The van der Waals surface area contributed by atoms with Crippen LogP contribution in [0.1, 0.15) is 157 Å². The molecule has 0 nitrogen and oxygen atoms in total. The molecule has 0 aliphatic carbocycles. The summed E-state index contributed by atoms with van der Waals surface area (Å²) < 4.78 is 11.7. The predicted molar refractivity (Wildman–Crippen MR) is 188 cm³/mol.